The standard InChI is InChI=1S/C10H12O3S/c1-13-10(12)9(11)8-5-6-3-2-4-7(6)14-8/h5,9,11H,2-4H2,1H3. The molecule has 1 heterocycles. The summed E-state index contributed by atoms with van der Waals surface area (Å²) in [4.78, 5) is 13.1. The number of carbonyl (C=O) groups is 1. The molecule has 2 rings (SSSR count). The largest absolute Gasteiger partial charge is 0.467 e. The van der Waals surface area contributed by atoms with Gasteiger partial charge in [0.05, 0.1) is 7.11 Å². The number of aliphatic hydroxyl groups excluding tert-OH is 1. The van der Waals surface area contributed by atoms with Gasteiger partial charge in [0.2, 0.25) is 0 Å². The lowest BCUT2D eigenvalue weighted by Gasteiger charge is -2.04. The maximum atomic E-state index is 11.1. The van der Waals surface area contributed by atoms with Crippen LogP contribution >= 0.6 is 11.3 Å². The van der Waals surface area contributed by atoms with E-state index in [1.54, 1.807) is 0 Å². The second kappa shape index (κ2) is 3.71. The molecule has 0 saturated carbocycles. The van der Waals surface area contributed by atoms with Crippen LogP contribution in [0.15, 0.2) is 6.07 Å². The highest BCUT2D eigenvalue weighted by atomic mass is 32.1. The molecule has 1 N–H and O–H groups in total. The molecule has 0 spiro atoms. The summed E-state index contributed by atoms with van der Waals surface area (Å²) in [6, 6.07) is 1.93. The molecule has 0 radical (unpaired) electrons. The Morgan fingerprint density at radius 3 is 3.07 bits per heavy atom. The van der Waals surface area contributed by atoms with Gasteiger partial charge in [-0.15, -0.1) is 11.3 Å². The molecule has 1 atom stereocenters. The minimum Gasteiger partial charge on any atom is -0.467 e. The van der Waals surface area contributed by atoms with Crippen LogP contribution in [0.3, 0.4) is 0 Å². The van der Waals surface area contributed by atoms with E-state index < -0.39 is 12.1 Å². The van der Waals surface area contributed by atoms with Crippen molar-refractivity contribution < 1.29 is 14.6 Å². The zero-order valence-corrected chi connectivity index (χ0v) is 8.76. The molecule has 1 aromatic heterocycles. The molecule has 1 unspecified atom stereocenters. The number of methoxy groups -OCH3 is 1. The topological polar surface area (TPSA) is 46.5 Å². The summed E-state index contributed by atoms with van der Waals surface area (Å²) in [5.74, 6) is -0.579. The van der Waals surface area contributed by atoms with Gasteiger partial charge in [0.15, 0.2) is 6.10 Å². The van der Waals surface area contributed by atoms with Gasteiger partial charge < -0.3 is 9.84 Å². The summed E-state index contributed by atoms with van der Waals surface area (Å²) in [6.45, 7) is 0. The van der Waals surface area contributed by atoms with E-state index in [1.807, 2.05) is 6.07 Å². The second-order valence-electron chi connectivity index (χ2n) is 3.38. The van der Waals surface area contributed by atoms with Crippen molar-refractivity contribution in [1.82, 2.24) is 0 Å². The van der Waals surface area contributed by atoms with Gasteiger partial charge in [-0.05, 0) is 30.9 Å². The molecule has 0 aromatic carbocycles. The SMILES string of the molecule is COC(=O)C(O)c1cc2c(s1)CCC2. The maximum absolute atomic E-state index is 11.1. The smallest absolute Gasteiger partial charge is 0.340 e. The second-order valence-corrected chi connectivity index (χ2v) is 4.54. The molecule has 0 bridgehead atoms. The molecule has 76 valence electrons. The fraction of sp³-hybridized carbons (Fsp3) is 0.500. The van der Waals surface area contributed by atoms with E-state index in [2.05, 4.69) is 4.74 Å². The summed E-state index contributed by atoms with van der Waals surface area (Å²) in [5, 5.41) is 9.58. The number of carbonyl (C=O) groups excluding carboxylic acids is 1. The number of esters is 1. The number of ether oxygens (including phenoxy) is 1. The third-order valence-electron chi connectivity index (χ3n) is 2.46. The lowest BCUT2D eigenvalue weighted by molar-refractivity contribution is -0.150. The zero-order chi connectivity index (χ0) is 10.1. The van der Waals surface area contributed by atoms with Crippen LogP contribution in [-0.2, 0) is 22.4 Å². The Bertz CT molecular complexity index is 335. The van der Waals surface area contributed by atoms with E-state index in [0.717, 1.165) is 12.8 Å². The highest BCUT2D eigenvalue weighted by Crippen LogP contribution is 2.33. The Morgan fingerprint density at radius 1 is 1.64 bits per heavy atom. The molecule has 1 aliphatic carbocycles. The number of rotatable bonds is 2. The van der Waals surface area contributed by atoms with Crippen LogP contribution in [0.25, 0.3) is 0 Å². The summed E-state index contributed by atoms with van der Waals surface area (Å²) in [5.41, 5.74) is 1.29. The van der Waals surface area contributed by atoms with Crippen LogP contribution in [0.1, 0.15) is 27.8 Å². The summed E-state index contributed by atoms with van der Waals surface area (Å²) < 4.78 is 4.48. The van der Waals surface area contributed by atoms with Gasteiger partial charge in [-0.25, -0.2) is 4.79 Å². The third kappa shape index (κ3) is 1.55. The molecule has 1 aliphatic rings. The number of hydrogen-bond acceptors (Lipinski definition) is 4. The zero-order valence-electron chi connectivity index (χ0n) is 7.95. The first-order chi connectivity index (χ1) is 6.72. The highest BCUT2D eigenvalue weighted by Gasteiger charge is 2.23. The molecule has 3 nitrogen and oxygen atoms in total. The van der Waals surface area contributed by atoms with Crippen LogP contribution in [0.4, 0.5) is 0 Å². The van der Waals surface area contributed by atoms with Crippen molar-refractivity contribution in [3.8, 4) is 0 Å². The predicted molar refractivity (Wildman–Crippen MR) is 53.3 cm³/mol. The average Bonchev–Trinajstić information content (AvgIpc) is 2.74. The average molecular weight is 212 g/mol. The molecule has 14 heavy (non-hydrogen) atoms. The normalized spacial score (nSPS) is 16.4. The predicted octanol–water partition coefficient (Wildman–Crippen LogP) is 1.44. The molecular formula is C10H12O3S. The Morgan fingerprint density at radius 2 is 2.43 bits per heavy atom. The fourth-order valence-corrected chi connectivity index (χ4v) is 2.95. The molecule has 0 amide bonds. The molecular weight excluding hydrogens is 200 g/mol. The maximum Gasteiger partial charge on any atom is 0.340 e. The minimum atomic E-state index is -1.10. The molecule has 4 heteroatoms. The van der Waals surface area contributed by atoms with Gasteiger partial charge >= 0.3 is 5.97 Å². The van der Waals surface area contributed by atoms with E-state index in [4.69, 9.17) is 0 Å². The van der Waals surface area contributed by atoms with Crippen LogP contribution in [0, 0.1) is 0 Å². The van der Waals surface area contributed by atoms with Gasteiger partial charge in [-0.2, -0.15) is 0 Å². The molecule has 0 saturated heterocycles. The first-order valence-corrected chi connectivity index (χ1v) is 5.41. The fourth-order valence-electron chi connectivity index (χ4n) is 1.71. The number of aliphatic hydroxyl groups is 1. The monoisotopic (exact) mass is 212 g/mol. The van der Waals surface area contributed by atoms with Crippen LogP contribution in [-0.4, -0.2) is 18.2 Å². The third-order valence-corrected chi connectivity index (χ3v) is 3.75. The van der Waals surface area contributed by atoms with Crippen molar-refractivity contribution in [3.63, 3.8) is 0 Å². The van der Waals surface area contributed by atoms with Crippen LogP contribution in [0.5, 0.6) is 0 Å². The van der Waals surface area contributed by atoms with Crippen LogP contribution in [0.2, 0.25) is 0 Å². The van der Waals surface area contributed by atoms with Gasteiger partial charge in [-0.3, -0.25) is 0 Å². The van der Waals surface area contributed by atoms with Crippen molar-refractivity contribution in [2.24, 2.45) is 0 Å². The minimum absolute atomic E-state index is 0.579. The first kappa shape index (κ1) is 9.68. The van der Waals surface area contributed by atoms with E-state index in [9.17, 15) is 9.90 Å². The van der Waals surface area contributed by atoms with E-state index in [1.165, 1.54) is 35.3 Å². The Balaban J connectivity index is 2.21. The van der Waals surface area contributed by atoms with Crippen molar-refractivity contribution in [2.75, 3.05) is 7.11 Å². The summed E-state index contributed by atoms with van der Waals surface area (Å²) in [7, 11) is 1.28. The van der Waals surface area contributed by atoms with Crippen molar-refractivity contribution in [3.05, 3.63) is 21.4 Å². The molecule has 0 fully saturated rings. The van der Waals surface area contributed by atoms with Crippen molar-refractivity contribution >= 4 is 17.3 Å². The number of fused-ring (bicyclic) bond motifs is 1. The number of aryl methyl sites for hydroxylation is 2. The summed E-state index contributed by atoms with van der Waals surface area (Å²) in [6.07, 6.45) is 2.24. The first-order valence-electron chi connectivity index (χ1n) is 4.59. The molecule has 1 aromatic rings. The van der Waals surface area contributed by atoms with E-state index >= 15 is 0 Å². The number of thiophene rings is 1. The quantitative estimate of drug-likeness (QED) is 0.755. The Hall–Kier alpha value is -0.870. The Kier molecular flexibility index (Phi) is 2.56. The summed E-state index contributed by atoms with van der Waals surface area (Å²) >= 11 is 1.52. The van der Waals surface area contributed by atoms with Crippen molar-refractivity contribution in [1.29, 1.82) is 0 Å². The van der Waals surface area contributed by atoms with Gasteiger partial charge in [0, 0.05) is 9.75 Å². The van der Waals surface area contributed by atoms with Gasteiger partial charge in [0.1, 0.15) is 0 Å². The van der Waals surface area contributed by atoms with Crippen LogP contribution < -0.4 is 0 Å². The number of hydrogen-bond donors (Lipinski definition) is 1. The lowest BCUT2D eigenvalue weighted by atomic mass is 10.2. The van der Waals surface area contributed by atoms with Gasteiger partial charge in [-0.1, -0.05) is 0 Å². The highest BCUT2D eigenvalue weighted by molar-refractivity contribution is 7.12. The molecule has 0 aliphatic heterocycles. The van der Waals surface area contributed by atoms with E-state index in [-0.39, 0.29) is 0 Å². The lowest BCUT2D eigenvalue weighted by Crippen LogP contribution is -2.12. The van der Waals surface area contributed by atoms with E-state index in [0.29, 0.717) is 4.88 Å². The Labute approximate surface area is 86.3 Å². The van der Waals surface area contributed by atoms with Crippen molar-refractivity contribution in [2.45, 2.75) is 25.4 Å². The van der Waals surface area contributed by atoms with Gasteiger partial charge in [0.25, 0.3) is 0 Å².